The van der Waals surface area contributed by atoms with E-state index >= 15 is 0 Å². The third kappa shape index (κ3) is 4.13. The van der Waals surface area contributed by atoms with Crippen molar-refractivity contribution in [2.75, 3.05) is 19.5 Å². The van der Waals surface area contributed by atoms with Crippen molar-refractivity contribution in [3.8, 4) is 0 Å². The van der Waals surface area contributed by atoms with Gasteiger partial charge in [0, 0.05) is 19.2 Å². The van der Waals surface area contributed by atoms with E-state index in [-0.39, 0.29) is 17.2 Å². The van der Waals surface area contributed by atoms with E-state index in [4.69, 9.17) is 10.5 Å². The Hall–Kier alpha value is -1.71. The number of nitro groups is 1. The number of aryl methyl sites for hydroxylation is 1. The summed E-state index contributed by atoms with van der Waals surface area (Å²) in [7, 11) is -2.42. The number of benzene rings is 1. The number of nitrogens with two attached hydrogens (primary N) is 1. The molecule has 1 unspecified atom stereocenters. The lowest BCUT2D eigenvalue weighted by atomic mass is 10.2. The molecule has 1 aromatic rings. The molecule has 0 fully saturated rings. The quantitative estimate of drug-likeness (QED) is 0.442. The summed E-state index contributed by atoms with van der Waals surface area (Å²) in [5.41, 5.74) is 5.38. The number of nitrogens with zero attached hydrogens (tertiary/aromatic N) is 1. The van der Waals surface area contributed by atoms with Crippen LogP contribution in [0, 0.1) is 17.0 Å². The molecule has 0 saturated heterocycles. The van der Waals surface area contributed by atoms with Crippen molar-refractivity contribution >= 4 is 21.4 Å². The summed E-state index contributed by atoms with van der Waals surface area (Å²) >= 11 is 0. The van der Waals surface area contributed by atoms with Crippen LogP contribution in [-0.4, -0.2) is 33.1 Å². The summed E-state index contributed by atoms with van der Waals surface area (Å²) in [6, 6.07) is 1.85. The molecule has 0 bridgehead atoms. The fourth-order valence-corrected chi connectivity index (χ4v) is 3.42. The Morgan fingerprint density at radius 3 is 2.57 bits per heavy atom. The van der Waals surface area contributed by atoms with E-state index in [0.29, 0.717) is 12.0 Å². The number of nitrogens with one attached hydrogen (secondary N) is 1. The molecule has 0 aliphatic heterocycles. The van der Waals surface area contributed by atoms with E-state index in [1.807, 2.05) is 6.92 Å². The van der Waals surface area contributed by atoms with Crippen molar-refractivity contribution in [2.45, 2.75) is 31.2 Å². The van der Waals surface area contributed by atoms with Gasteiger partial charge in [-0.15, -0.1) is 0 Å². The first-order valence-corrected chi connectivity index (χ1v) is 7.77. The lowest BCUT2D eigenvalue weighted by Gasteiger charge is -2.17. The van der Waals surface area contributed by atoms with E-state index in [2.05, 4.69) is 4.72 Å². The van der Waals surface area contributed by atoms with Crippen LogP contribution < -0.4 is 10.5 Å². The van der Waals surface area contributed by atoms with Gasteiger partial charge >= 0.3 is 0 Å². The summed E-state index contributed by atoms with van der Waals surface area (Å²) in [6.45, 7) is 3.56. The standard InChI is InChI=1S/C12H19N3O5S/c1-4-9(7-20-3)14-21(18,19)12-6-11(15(16)17)10(13)5-8(12)2/h5-6,9,14H,4,7,13H2,1-3H3. The molecular formula is C12H19N3O5S. The second kappa shape index (κ2) is 6.83. The largest absolute Gasteiger partial charge is 0.393 e. The second-order valence-corrected chi connectivity index (χ2v) is 6.30. The number of ether oxygens (including phenoxy) is 1. The smallest absolute Gasteiger partial charge is 0.293 e. The van der Waals surface area contributed by atoms with Crippen molar-refractivity contribution in [3.05, 3.63) is 27.8 Å². The van der Waals surface area contributed by atoms with E-state index in [0.717, 1.165) is 6.07 Å². The summed E-state index contributed by atoms with van der Waals surface area (Å²) in [6.07, 6.45) is 0.531. The van der Waals surface area contributed by atoms with Gasteiger partial charge in [0.05, 0.1) is 16.4 Å². The Morgan fingerprint density at radius 1 is 1.48 bits per heavy atom. The van der Waals surface area contributed by atoms with Crippen LogP contribution in [0.4, 0.5) is 11.4 Å². The van der Waals surface area contributed by atoms with Crippen LogP contribution in [0.2, 0.25) is 0 Å². The Morgan fingerprint density at radius 2 is 2.10 bits per heavy atom. The van der Waals surface area contributed by atoms with Gasteiger partial charge in [-0.3, -0.25) is 10.1 Å². The molecule has 1 aromatic carbocycles. The molecule has 1 atom stereocenters. The highest BCUT2D eigenvalue weighted by atomic mass is 32.2. The van der Waals surface area contributed by atoms with Crippen LogP contribution in [-0.2, 0) is 14.8 Å². The highest BCUT2D eigenvalue weighted by molar-refractivity contribution is 7.89. The van der Waals surface area contributed by atoms with Crippen LogP contribution in [0.3, 0.4) is 0 Å². The molecule has 1 rings (SSSR count). The van der Waals surface area contributed by atoms with E-state index < -0.39 is 26.7 Å². The fraction of sp³-hybridized carbons (Fsp3) is 0.500. The molecule has 118 valence electrons. The monoisotopic (exact) mass is 317 g/mol. The first-order chi connectivity index (χ1) is 9.72. The van der Waals surface area contributed by atoms with Crippen molar-refractivity contribution in [1.29, 1.82) is 0 Å². The van der Waals surface area contributed by atoms with Crippen LogP contribution in [0.15, 0.2) is 17.0 Å². The van der Waals surface area contributed by atoms with Gasteiger partial charge in [-0.1, -0.05) is 6.92 Å². The van der Waals surface area contributed by atoms with Gasteiger partial charge < -0.3 is 10.5 Å². The molecule has 0 amide bonds. The Bertz CT molecular complexity index is 630. The number of nitrogen functional groups attached to an aromatic ring is 1. The number of rotatable bonds is 7. The van der Waals surface area contributed by atoms with Crippen molar-refractivity contribution in [2.24, 2.45) is 0 Å². The normalized spacial score (nSPS) is 13.1. The Labute approximate surface area is 123 Å². The predicted octanol–water partition coefficient (Wildman–Crippen LogP) is 1.19. The second-order valence-electron chi connectivity index (χ2n) is 4.62. The van der Waals surface area contributed by atoms with Crippen molar-refractivity contribution in [3.63, 3.8) is 0 Å². The first kappa shape index (κ1) is 17.3. The molecule has 0 aliphatic rings. The minimum atomic E-state index is -3.89. The number of sulfonamides is 1. The molecule has 0 heterocycles. The summed E-state index contributed by atoms with van der Waals surface area (Å²) < 4.78 is 32.1. The average Bonchev–Trinajstić information content (AvgIpc) is 2.37. The maximum absolute atomic E-state index is 12.4. The molecule has 21 heavy (non-hydrogen) atoms. The zero-order chi connectivity index (χ0) is 16.2. The Kier molecular flexibility index (Phi) is 5.64. The van der Waals surface area contributed by atoms with E-state index in [9.17, 15) is 18.5 Å². The van der Waals surface area contributed by atoms with Crippen molar-refractivity contribution in [1.82, 2.24) is 4.72 Å². The molecule has 0 aliphatic carbocycles. The molecule has 3 N–H and O–H groups in total. The van der Waals surface area contributed by atoms with Crippen molar-refractivity contribution < 1.29 is 18.1 Å². The molecule has 0 radical (unpaired) electrons. The Balaban J connectivity index is 3.25. The third-order valence-corrected chi connectivity index (χ3v) is 4.66. The molecule has 0 aromatic heterocycles. The van der Waals surface area contributed by atoms with Crippen LogP contribution in [0.25, 0.3) is 0 Å². The van der Waals surface area contributed by atoms with Gasteiger partial charge in [-0.2, -0.15) is 0 Å². The minimum Gasteiger partial charge on any atom is -0.393 e. The fourth-order valence-electron chi connectivity index (χ4n) is 1.87. The third-order valence-electron chi connectivity index (χ3n) is 2.99. The number of nitro benzene ring substituents is 1. The van der Waals surface area contributed by atoms with Gasteiger partial charge in [0.25, 0.3) is 5.69 Å². The van der Waals surface area contributed by atoms with E-state index in [1.54, 1.807) is 0 Å². The van der Waals surface area contributed by atoms with Gasteiger partial charge in [0.2, 0.25) is 10.0 Å². The molecule has 8 nitrogen and oxygen atoms in total. The highest BCUT2D eigenvalue weighted by Gasteiger charge is 2.25. The molecule has 0 saturated carbocycles. The highest BCUT2D eigenvalue weighted by Crippen LogP contribution is 2.28. The summed E-state index contributed by atoms with van der Waals surface area (Å²) in [5, 5.41) is 10.9. The number of anilines is 1. The summed E-state index contributed by atoms with van der Waals surface area (Å²) in [4.78, 5) is 10.0. The molecule has 9 heteroatoms. The van der Waals surface area contributed by atoms with Crippen LogP contribution in [0.5, 0.6) is 0 Å². The number of hydrogen-bond acceptors (Lipinski definition) is 6. The van der Waals surface area contributed by atoms with Gasteiger partial charge in [0.15, 0.2) is 0 Å². The number of hydrogen-bond donors (Lipinski definition) is 2. The molecular weight excluding hydrogens is 298 g/mol. The van der Waals surface area contributed by atoms with Gasteiger partial charge in [-0.05, 0) is 25.0 Å². The topological polar surface area (TPSA) is 125 Å². The SMILES string of the molecule is CCC(COC)NS(=O)(=O)c1cc([N+](=O)[O-])c(N)cc1C. The maximum atomic E-state index is 12.4. The lowest BCUT2D eigenvalue weighted by Crippen LogP contribution is -2.37. The maximum Gasteiger partial charge on any atom is 0.293 e. The molecule has 0 spiro atoms. The zero-order valence-corrected chi connectivity index (χ0v) is 12.9. The van der Waals surface area contributed by atoms with Crippen LogP contribution >= 0.6 is 0 Å². The number of methoxy groups -OCH3 is 1. The zero-order valence-electron chi connectivity index (χ0n) is 12.1. The minimum absolute atomic E-state index is 0.0691. The summed E-state index contributed by atoms with van der Waals surface area (Å²) in [5.74, 6) is 0. The van der Waals surface area contributed by atoms with Crippen LogP contribution in [0.1, 0.15) is 18.9 Å². The predicted molar refractivity (Wildman–Crippen MR) is 78.5 cm³/mol. The van der Waals surface area contributed by atoms with Gasteiger partial charge in [0.1, 0.15) is 5.69 Å². The van der Waals surface area contributed by atoms with E-state index in [1.165, 1.54) is 20.1 Å². The first-order valence-electron chi connectivity index (χ1n) is 6.28. The average molecular weight is 317 g/mol. The lowest BCUT2D eigenvalue weighted by molar-refractivity contribution is -0.384. The van der Waals surface area contributed by atoms with Gasteiger partial charge in [-0.25, -0.2) is 13.1 Å².